The minimum absolute atomic E-state index is 0.251. The molecule has 2 aromatic rings. The van der Waals surface area contributed by atoms with E-state index < -0.39 is 0 Å². The number of benzene rings is 2. The lowest BCUT2D eigenvalue weighted by Gasteiger charge is -2.57. The van der Waals surface area contributed by atoms with Crippen LogP contribution in [-0.4, -0.2) is 60.3 Å². The van der Waals surface area contributed by atoms with Gasteiger partial charge in [0.05, 0.1) is 6.61 Å². The predicted molar refractivity (Wildman–Crippen MR) is 113 cm³/mol. The Bertz CT molecular complexity index is 756. The Kier molecular flexibility index (Phi) is 5.72. The van der Waals surface area contributed by atoms with Crippen molar-refractivity contribution in [3.63, 3.8) is 0 Å². The molecule has 0 radical (unpaired) electrons. The van der Waals surface area contributed by atoms with Gasteiger partial charge in [-0.05, 0) is 49.7 Å². The van der Waals surface area contributed by atoms with Gasteiger partial charge in [0, 0.05) is 24.5 Å². The van der Waals surface area contributed by atoms with Crippen LogP contribution in [0.15, 0.2) is 54.6 Å². The first-order valence-electron chi connectivity index (χ1n) is 10.1. The average molecular weight is 363 g/mol. The first-order chi connectivity index (χ1) is 13.3. The number of likely N-dealkylation sites (N-methyl/N-ethyl adjacent to an activating group) is 1. The smallest absolute Gasteiger partial charge is 0.0593 e. The van der Waals surface area contributed by atoms with Crippen LogP contribution in [0.1, 0.15) is 35.4 Å². The molecule has 3 atom stereocenters. The largest absolute Gasteiger partial charge is 0.395 e. The van der Waals surface area contributed by atoms with Crippen LogP contribution in [-0.2, 0) is 0 Å². The van der Waals surface area contributed by atoms with E-state index in [9.17, 15) is 5.11 Å². The van der Waals surface area contributed by atoms with Crippen LogP contribution >= 0.6 is 0 Å². The monoisotopic (exact) mass is 362 g/mol. The van der Waals surface area contributed by atoms with Gasteiger partial charge in [0.2, 0.25) is 0 Å². The van der Waals surface area contributed by atoms with Crippen LogP contribution in [0.5, 0.6) is 0 Å². The van der Waals surface area contributed by atoms with Crippen LogP contribution in [0.2, 0.25) is 0 Å². The molecule has 2 saturated heterocycles. The van der Waals surface area contributed by atoms with Gasteiger partial charge in [-0.1, -0.05) is 66.7 Å². The molecule has 2 heterocycles. The van der Waals surface area contributed by atoms with E-state index in [1.807, 2.05) is 6.07 Å². The van der Waals surface area contributed by atoms with Crippen molar-refractivity contribution in [2.24, 2.45) is 0 Å². The summed E-state index contributed by atoms with van der Waals surface area (Å²) in [6.45, 7) is 3.65. The van der Waals surface area contributed by atoms with E-state index in [1.54, 1.807) is 0 Å². The highest BCUT2D eigenvalue weighted by molar-refractivity contribution is 5.69. The number of hydrogen-bond acceptors (Lipinski definition) is 3. The van der Waals surface area contributed by atoms with E-state index in [0.717, 1.165) is 13.1 Å². The molecule has 27 heavy (non-hydrogen) atoms. The fourth-order valence-electron chi connectivity index (χ4n) is 4.70. The molecule has 2 aromatic carbocycles. The van der Waals surface area contributed by atoms with Crippen molar-refractivity contribution in [2.75, 3.05) is 33.3 Å². The molecule has 142 valence electrons. The van der Waals surface area contributed by atoms with Crippen molar-refractivity contribution < 1.29 is 5.11 Å². The maximum Gasteiger partial charge on any atom is 0.0593 e. The maximum absolute atomic E-state index is 9.98. The summed E-state index contributed by atoms with van der Waals surface area (Å²) in [5.41, 5.74) is 3.80. The molecular weight excluding hydrogens is 332 g/mol. The molecule has 0 saturated carbocycles. The molecule has 2 aliphatic rings. The number of rotatable bonds is 4. The molecule has 0 amide bonds. The van der Waals surface area contributed by atoms with Crippen molar-refractivity contribution in [3.05, 3.63) is 71.3 Å². The second kappa shape index (κ2) is 8.39. The van der Waals surface area contributed by atoms with Crippen LogP contribution in [0.3, 0.4) is 0 Å². The van der Waals surface area contributed by atoms with Crippen LogP contribution < -0.4 is 0 Å². The van der Waals surface area contributed by atoms with Crippen molar-refractivity contribution in [2.45, 2.75) is 30.8 Å². The molecule has 1 N–H and O–H groups in total. The highest BCUT2D eigenvalue weighted by Gasteiger charge is 2.48. The summed E-state index contributed by atoms with van der Waals surface area (Å²) in [5.74, 6) is 0.433. The van der Waals surface area contributed by atoms with Crippen LogP contribution in [0.25, 0.3) is 12.2 Å². The number of aliphatic hydroxyl groups excluding tert-OH is 1. The highest BCUT2D eigenvalue weighted by atomic mass is 16.3. The fourth-order valence-corrected chi connectivity index (χ4v) is 4.70. The molecular formula is C24H30N2O. The van der Waals surface area contributed by atoms with Gasteiger partial charge in [0.25, 0.3) is 0 Å². The third-order valence-corrected chi connectivity index (χ3v) is 6.16. The van der Waals surface area contributed by atoms with Gasteiger partial charge in [-0.25, -0.2) is 0 Å². The molecule has 2 fully saturated rings. The lowest BCUT2D eigenvalue weighted by molar-refractivity contribution is -0.0614. The molecule has 2 aliphatic heterocycles. The first-order valence-corrected chi connectivity index (χ1v) is 10.1. The molecule has 0 bridgehead atoms. The molecule has 0 aliphatic carbocycles. The third-order valence-electron chi connectivity index (χ3n) is 6.16. The number of fused-ring (bicyclic) bond motifs is 1. The maximum atomic E-state index is 9.98. The number of hydrogen-bond donors (Lipinski definition) is 1. The first kappa shape index (κ1) is 18.4. The summed E-state index contributed by atoms with van der Waals surface area (Å²) in [6.07, 6.45) is 6.80. The lowest BCUT2D eigenvalue weighted by atomic mass is 9.74. The SMILES string of the molecule is CN1CCCCN2[C@@H](CO)[C@@H](c3ccc(/C=C/c4ccccc4)cc3)[C@@H]2C1. The topological polar surface area (TPSA) is 26.7 Å². The van der Waals surface area contributed by atoms with E-state index in [1.165, 1.54) is 36.1 Å². The quantitative estimate of drug-likeness (QED) is 0.840. The van der Waals surface area contributed by atoms with Crippen molar-refractivity contribution in [1.82, 2.24) is 9.80 Å². The Labute approximate surface area is 162 Å². The summed E-state index contributed by atoms with van der Waals surface area (Å²) in [6, 6.07) is 20.1. The fraction of sp³-hybridized carbons (Fsp3) is 0.417. The summed E-state index contributed by atoms with van der Waals surface area (Å²) < 4.78 is 0. The molecule has 3 heteroatoms. The van der Waals surface area contributed by atoms with E-state index in [4.69, 9.17) is 0 Å². The zero-order valence-electron chi connectivity index (χ0n) is 16.2. The molecule has 0 aromatic heterocycles. The van der Waals surface area contributed by atoms with E-state index in [2.05, 4.69) is 77.5 Å². The zero-order valence-corrected chi connectivity index (χ0v) is 16.2. The normalized spacial score (nSPS) is 27.0. The Morgan fingerprint density at radius 1 is 0.926 bits per heavy atom. The second-order valence-corrected chi connectivity index (χ2v) is 7.96. The van der Waals surface area contributed by atoms with Gasteiger partial charge in [-0.3, -0.25) is 4.90 Å². The molecule has 4 rings (SSSR count). The number of nitrogens with zero attached hydrogens (tertiary/aromatic N) is 2. The Morgan fingerprint density at radius 2 is 1.59 bits per heavy atom. The lowest BCUT2D eigenvalue weighted by Crippen LogP contribution is -2.67. The average Bonchev–Trinajstić information content (AvgIpc) is 2.69. The zero-order chi connectivity index (χ0) is 18.6. The van der Waals surface area contributed by atoms with Gasteiger partial charge in [-0.15, -0.1) is 0 Å². The molecule has 3 nitrogen and oxygen atoms in total. The van der Waals surface area contributed by atoms with Crippen molar-refractivity contribution in [3.8, 4) is 0 Å². The third kappa shape index (κ3) is 4.01. The van der Waals surface area contributed by atoms with E-state index >= 15 is 0 Å². The van der Waals surface area contributed by atoms with E-state index in [-0.39, 0.29) is 12.6 Å². The van der Waals surface area contributed by atoms with Crippen molar-refractivity contribution >= 4 is 12.2 Å². The highest BCUT2D eigenvalue weighted by Crippen LogP contribution is 2.41. The van der Waals surface area contributed by atoms with Crippen LogP contribution in [0, 0.1) is 0 Å². The number of aliphatic hydroxyl groups is 1. The second-order valence-electron chi connectivity index (χ2n) is 7.96. The van der Waals surface area contributed by atoms with E-state index in [0.29, 0.717) is 12.0 Å². The van der Waals surface area contributed by atoms with Gasteiger partial charge < -0.3 is 10.0 Å². The van der Waals surface area contributed by atoms with Gasteiger partial charge in [0.15, 0.2) is 0 Å². The summed E-state index contributed by atoms with van der Waals surface area (Å²) in [7, 11) is 2.23. The summed E-state index contributed by atoms with van der Waals surface area (Å²) >= 11 is 0. The molecule has 0 unspecified atom stereocenters. The Hall–Kier alpha value is -1.94. The summed E-state index contributed by atoms with van der Waals surface area (Å²) in [4.78, 5) is 4.98. The van der Waals surface area contributed by atoms with Gasteiger partial charge in [-0.2, -0.15) is 0 Å². The minimum atomic E-state index is 0.251. The Morgan fingerprint density at radius 3 is 2.30 bits per heavy atom. The molecule has 0 spiro atoms. The minimum Gasteiger partial charge on any atom is -0.395 e. The summed E-state index contributed by atoms with van der Waals surface area (Å²) in [5, 5.41) is 9.98. The predicted octanol–water partition coefficient (Wildman–Crippen LogP) is 3.71. The Balaban J connectivity index is 1.49. The van der Waals surface area contributed by atoms with Gasteiger partial charge >= 0.3 is 0 Å². The standard InChI is InChI=1S/C24H30N2O/c1-25-15-5-6-16-26-22(17-25)24(23(26)18-27)21-13-11-20(12-14-21)10-9-19-7-3-2-4-8-19/h2-4,7-14,22-24,27H,5-6,15-18H2,1H3/b10-9+/t22-,23-,24-/m0/s1. The van der Waals surface area contributed by atoms with Crippen LogP contribution in [0.4, 0.5) is 0 Å². The van der Waals surface area contributed by atoms with Gasteiger partial charge in [0.1, 0.15) is 0 Å². The van der Waals surface area contributed by atoms with Crippen molar-refractivity contribution in [1.29, 1.82) is 0 Å².